The van der Waals surface area contributed by atoms with Gasteiger partial charge in [0.2, 0.25) is 0 Å². The van der Waals surface area contributed by atoms with E-state index in [1.165, 1.54) is 27.5 Å². The van der Waals surface area contributed by atoms with Crippen LogP contribution in [0, 0.1) is 0 Å². The first-order valence-electron chi connectivity index (χ1n) is 9.46. The molecule has 0 aliphatic carbocycles. The van der Waals surface area contributed by atoms with Crippen molar-refractivity contribution >= 4 is 22.6 Å². The van der Waals surface area contributed by atoms with Crippen molar-refractivity contribution in [2.45, 2.75) is 51.8 Å². The Labute approximate surface area is 172 Å². The smallest absolute Gasteiger partial charge is 0.0556 e. The Bertz CT molecular complexity index is 598. The lowest BCUT2D eigenvalue weighted by Crippen LogP contribution is -2.24. The fourth-order valence-corrected chi connectivity index (χ4v) is 3.95. The summed E-state index contributed by atoms with van der Waals surface area (Å²) in [5.74, 6) is 0. The van der Waals surface area contributed by atoms with Crippen LogP contribution in [-0.2, 0) is 13.1 Å². The monoisotopic (exact) mass is 463 g/mol. The lowest BCUT2D eigenvalue weighted by molar-refractivity contribution is 0.198. The summed E-state index contributed by atoms with van der Waals surface area (Å²) in [6.07, 6.45) is 6.27. The molecule has 0 bridgehead atoms. The molecule has 3 heteroatoms. The highest BCUT2D eigenvalue weighted by Gasteiger charge is 2.07. The van der Waals surface area contributed by atoms with Crippen molar-refractivity contribution in [3.8, 4) is 0 Å². The predicted molar refractivity (Wildman–Crippen MR) is 119 cm³/mol. The molecule has 2 aromatic carbocycles. The van der Waals surface area contributed by atoms with Gasteiger partial charge in [-0.3, -0.25) is 4.90 Å². The van der Waals surface area contributed by atoms with Crippen LogP contribution in [0.4, 0.5) is 0 Å². The second kappa shape index (κ2) is 12.3. The molecule has 0 spiro atoms. The van der Waals surface area contributed by atoms with Gasteiger partial charge in [-0.2, -0.15) is 0 Å². The van der Waals surface area contributed by atoms with Gasteiger partial charge in [0.05, 0.1) is 6.10 Å². The molecule has 0 amide bonds. The number of halogens is 1. The highest BCUT2D eigenvalue weighted by Crippen LogP contribution is 2.16. The SMILES string of the molecule is CC(O)C/C(I)=C\CCCCN(Cc1ccccc1)Cc1ccccc1. The van der Waals surface area contributed by atoms with E-state index in [-0.39, 0.29) is 6.10 Å². The standard InChI is InChI=1S/C23H30INO/c1-20(26)17-23(24)15-9-4-10-16-25(18-21-11-5-2-6-12-21)19-22-13-7-3-8-14-22/h2-3,5-8,11-15,20,26H,4,9-10,16-19H2,1H3/b23-15+. The zero-order chi connectivity index (χ0) is 18.6. The average molecular weight is 463 g/mol. The van der Waals surface area contributed by atoms with Gasteiger partial charge in [0.15, 0.2) is 0 Å². The summed E-state index contributed by atoms with van der Waals surface area (Å²) in [6, 6.07) is 21.4. The highest BCUT2D eigenvalue weighted by molar-refractivity contribution is 14.1. The topological polar surface area (TPSA) is 23.5 Å². The van der Waals surface area contributed by atoms with Crippen molar-refractivity contribution in [3.05, 3.63) is 81.4 Å². The molecule has 0 heterocycles. The molecule has 2 nitrogen and oxygen atoms in total. The minimum atomic E-state index is -0.245. The van der Waals surface area contributed by atoms with E-state index in [1.54, 1.807) is 0 Å². The number of aliphatic hydroxyl groups excluding tert-OH is 1. The third-order valence-electron chi connectivity index (χ3n) is 4.28. The van der Waals surface area contributed by atoms with E-state index >= 15 is 0 Å². The Morgan fingerprint density at radius 1 is 0.962 bits per heavy atom. The molecule has 0 saturated heterocycles. The summed E-state index contributed by atoms with van der Waals surface area (Å²) in [7, 11) is 0. The maximum atomic E-state index is 9.43. The zero-order valence-electron chi connectivity index (χ0n) is 15.7. The van der Waals surface area contributed by atoms with Crippen LogP contribution < -0.4 is 0 Å². The minimum Gasteiger partial charge on any atom is -0.393 e. The first kappa shape index (κ1) is 21.1. The molecule has 140 valence electrons. The van der Waals surface area contributed by atoms with Gasteiger partial charge in [-0.25, -0.2) is 0 Å². The van der Waals surface area contributed by atoms with Crippen LogP contribution in [0.2, 0.25) is 0 Å². The highest BCUT2D eigenvalue weighted by atomic mass is 127. The second-order valence-electron chi connectivity index (χ2n) is 6.88. The number of unbranched alkanes of at least 4 members (excludes halogenated alkanes) is 2. The number of hydrogen-bond donors (Lipinski definition) is 1. The number of hydrogen-bond acceptors (Lipinski definition) is 2. The number of aliphatic hydroxyl groups is 1. The molecule has 1 N–H and O–H groups in total. The molecule has 1 atom stereocenters. The van der Waals surface area contributed by atoms with Crippen LogP contribution in [0.1, 0.15) is 43.7 Å². The van der Waals surface area contributed by atoms with Gasteiger partial charge in [-0.05, 0) is 70.0 Å². The van der Waals surface area contributed by atoms with Gasteiger partial charge in [0, 0.05) is 19.5 Å². The van der Waals surface area contributed by atoms with E-state index in [4.69, 9.17) is 0 Å². The second-order valence-corrected chi connectivity index (χ2v) is 8.27. The van der Waals surface area contributed by atoms with Crippen LogP contribution in [0.15, 0.2) is 70.3 Å². The molecule has 2 aromatic rings. The Hall–Kier alpha value is -1.17. The number of allylic oxidation sites excluding steroid dienone is 1. The van der Waals surface area contributed by atoms with Crippen molar-refractivity contribution in [1.29, 1.82) is 0 Å². The Morgan fingerprint density at radius 2 is 1.50 bits per heavy atom. The summed E-state index contributed by atoms with van der Waals surface area (Å²) in [4.78, 5) is 2.54. The van der Waals surface area contributed by atoms with E-state index in [0.29, 0.717) is 0 Å². The van der Waals surface area contributed by atoms with Crippen molar-refractivity contribution < 1.29 is 5.11 Å². The van der Waals surface area contributed by atoms with Gasteiger partial charge in [-0.1, -0.05) is 66.7 Å². The quantitative estimate of drug-likeness (QED) is 0.329. The van der Waals surface area contributed by atoms with Gasteiger partial charge < -0.3 is 5.11 Å². The third kappa shape index (κ3) is 8.97. The Kier molecular flexibility index (Phi) is 9.96. The number of nitrogens with zero attached hydrogens (tertiary/aromatic N) is 1. The number of benzene rings is 2. The van der Waals surface area contributed by atoms with Crippen molar-refractivity contribution in [3.63, 3.8) is 0 Å². The zero-order valence-corrected chi connectivity index (χ0v) is 17.8. The molecular weight excluding hydrogens is 433 g/mol. The maximum absolute atomic E-state index is 9.43. The van der Waals surface area contributed by atoms with Crippen molar-refractivity contribution in [2.24, 2.45) is 0 Å². The Morgan fingerprint density at radius 3 is 2.00 bits per heavy atom. The number of rotatable bonds is 11. The van der Waals surface area contributed by atoms with Gasteiger partial charge in [0.1, 0.15) is 0 Å². The van der Waals surface area contributed by atoms with E-state index in [0.717, 1.165) is 32.5 Å². The fraction of sp³-hybridized carbons (Fsp3) is 0.391. The summed E-state index contributed by atoms with van der Waals surface area (Å²) in [5.41, 5.74) is 2.74. The van der Waals surface area contributed by atoms with Gasteiger partial charge in [-0.15, -0.1) is 0 Å². The summed E-state index contributed by atoms with van der Waals surface area (Å²) in [6.45, 7) is 4.93. The third-order valence-corrected chi connectivity index (χ3v) is 5.16. The molecular formula is C23H30INO. The normalized spacial score (nSPS) is 13.2. The van der Waals surface area contributed by atoms with Crippen LogP contribution in [0.3, 0.4) is 0 Å². The molecule has 26 heavy (non-hydrogen) atoms. The summed E-state index contributed by atoms with van der Waals surface area (Å²) < 4.78 is 1.27. The van der Waals surface area contributed by atoms with Crippen molar-refractivity contribution in [1.82, 2.24) is 4.90 Å². The summed E-state index contributed by atoms with van der Waals surface area (Å²) >= 11 is 2.34. The lowest BCUT2D eigenvalue weighted by atomic mass is 10.1. The molecule has 0 aliphatic rings. The van der Waals surface area contributed by atoms with Crippen LogP contribution in [0.25, 0.3) is 0 Å². The molecule has 1 unspecified atom stereocenters. The van der Waals surface area contributed by atoms with Gasteiger partial charge >= 0.3 is 0 Å². The largest absolute Gasteiger partial charge is 0.393 e. The molecule has 0 saturated carbocycles. The summed E-state index contributed by atoms with van der Waals surface area (Å²) in [5, 5.41) is 9.43. The first-order valence-corrected chi connectivity index (χ1v) is 10.5. The average Bonchev–Trinajstić information content (AvgIpc) is 2.62. The van der Waals surface area contributed by atoms with Crippen molar-refractivity contribution in [2.75, 3.05) is 6.54 Å². The van der Waals surface area contributed by atoms with E-state index < -0.39 is 0 Å². The fourth-order valence-electron chi connectivity index (χ4n) is 3.00. The van der Waals surface area contributed by atoms with E-state index in [1.807, 2.05) is 6.92 Å². The Balaban J connectivity index is 1.83. The van der Waals surface area contributed by atoms with Crippen LogP contribution in [-0.4, -0.2) is 22.7 Å². The van der Waals surface area contributed by atoms with Gasteiger partial charge in [0.25, 0.3) is 0 Å². The molecule has 2 rings (SSSR count). The molecule has 0 fully saturated rings. The van der Waals surface area contributed by atoms with Crippen LogP contribution >= 0.6 is 22.6 Å². The molecule has 0 aliphatic heterocycles. The first-order chi connectivity index (χ1) is 12.6. The molecule has 0 radical (unpaired) electrons. The maximum Gasteiger partial charge on any atom is 0.0556 e. The minimum absolute atomic E-state index is 0.245. The van der Waals surface area contributed by atoms with E-state index in [9.17, 15) is 5.11 Å². The van der Waals surface area contributed by atoms with Crippen LogP contribution in [0.5, 0.6) is 0 Å². The lowest BCUT2D eigenvalue weighted by Gasteiger charge is -2.22. The molecule has 0 aromatic heterocycles. The van der Waals surface area contributed by atoms with E-state index in [2.05, 4.69) is 94.2 Å². The predicted octanol–water partition coefficient (Wildman–Crippen LogP) is 5.95.